The van der Waals surface area contributed by atoms with Gasteiger partial charge in [0.05, 0.1) is 6.21 Å². The smallest absolute Gasteiger partial charge is 0.277 e. The van der Waals surface area contributed by atoms with Gasteiger partial charge in [-0.05, 0) is 48.9 Å². The Kier molecular flexibility index (Phi) is 5.11. The van der Waals surface area contributed by atoms with Gasteiger partial charge in [0.1, 0.15) is 5.75 Å². The maximum atomic E-state index is 11.7. The number of hydrazone groups is 1. The van der Waals surface area contributed by atoms with Crippen molar-refractivity contribution in [2.24, 2.45) is 5.10 Å². The quantitative estimate of drug-likeness (QED) is 0.681. The van der Waals surface area contributed by atoms with Crippen LogP contribution < -0.4 is 10.2 Å². The van der Waals surface area contributed by atoms with Gasteiger partial charge >= 0.3 is 0 Å². The third-order valence-electron chi connectivity index (χ3n) is 3.03. The molecule has 4 nitrogen and oxygen atoms in total. The van der Waals surface area contributed by atoms with Gasteiger partial charge in [0.2, 0.25) is 0 Å². The van der Waals surface area contributed by atoms with Crippen molar-refractivity contribution in [2.45, 2.75) is 20.8 Å². The molecule has 0 saturated heterocycles. The van der Waals surface area contributed by atoms with Gasteiger partial charge in [-0.1, -0.05) is 18.2 Å². The largest absolute Gasteiger partial charge is 0.483 e. The molecule has 0 unspecified atom stereocenters. The minimum atomic E-state index is -0.275. The van der Waals surface area contributed by atoms with Crippen LogP contribution in [0.4, 0.5) is 0 Å². The summed E-state index contributed by atoms with van der Waals surface area (Å²) in [6.07, 6.45) is 1.65. The van der Waals surface area contributed by atoms with Crippen molar-refractivity contribution in [1.82, 2.24) is 5.43 Å². The molecule has 0 aliphatic carbocycles. The van der Waals surface area contributed by atoms with Crippen LogP contribution in [-0.4, -0.2) is 18.7 Å². The van der Waals surface area contributed by atoms with E-state index in [1.165, 1.54) is 0 Å². The third-order valence-corrected chi connectivity index (χ3v) is 3.98. The summed E-state index contributed by atoms with van der Waals surface area (Å²) in [6.45, 7) is 5.87. The number of hydrogen-bond acceptors (Lipinski definition) is 4. The number of nitrogens with one attached hydrogen (secondary N) is 1. The van der Waals surface area contributed by atoms with Crippen LogP contribution in [0.5, 0.6) is 5.75 Å². The fourth-order valence-corrected chi connectivity index (χ4v) is 2.66. The topological polar surface area (TPSA) is 50.7 Å². The van der Waals surface area contributed by atoms with E-state index in [4.69, 9.17) is 4.74 Å². The lowest BCUT2D eigenvalue weighted by molar-refractivity contribution is -0.123. The van der Waals surface area contributed by atoms with Crippen LogP contribution in [0, 0.1) is 20.8 Å². The van der Waals surface area contributed by atoms with E-state index in [9.17, 15) is 4.79 Å². The maximum Gasteiger partial charge on any atom is 0.277 e. The van der Waals surface area contributed by atoms with E-state index in [0.717, 1.165) is 27.3 Å². The number of rotatable bonds is 5. The number of nitrogens with zero attached hydrogens (tertiary/aromatic N) is 1. The molecule has 1 heterocycles. The first kappa shape index (κ1) is 15.3. The van der Waals surface area contributed by atoms with Crippen molar-refractivity contribution in [3.8, 4) is 5.75 Å². The van der Waals surface area contributed by atoms with Crippen LogP contribution in [-0.2, 0) is 4.79 Å². The van der Waals surface area contributed by atoms with Crippen molar-refractivity contribution in [3.05, 3.63) is 51.2 Å². The van der Waals surface area contributed by atoms with Crippen LogP contribution in [0.3, 0.4) is 0 Å². The predicted molar refractivity (Wildman–Crippen MR) is 86.2 cm³/mol. The molecule has 2 rings (SSSR count). The minimum Gasteiger partial charge on any atom is -0.483 e. The molecule has 0 atom stereocenters. The van der Waals surface area contributed by atoms with E-state index in [1.807, 2.05) is 50.4 Å². The van der Waals surface area contributed by atoms with Gasteiger partial charge in [-0.15, -0.1) is 11.3 Å². The van der Waals surface area contributed by atoms with E-state index < -0.39 is 0 Å². The number of benzene rings is 1. The summed E-state index contributed by atoms with van der Waals surface area (Å²) in [5.74, 6) is 0.480. The number of carbonyl (C=O) groups excluding carboxylic acids is 1. The van der Waals surface area contributed by atoms with Crippen molar-refractivity contribution < 1.29 is 9.53 Å². The number of hydrogen-bond donors (Lipinski definition) is 1. The third kappa shape index (κ3) is 4.16. The average Bonchev–Trinajstić information content (AvgIpc) is 2.84. The maximum absolute atomic E-state index is 11.7. The highest BCUT2D eigenvalue weighted by molar-refractivity contribution is 7.11. The van der Waals surface area contributed by atoms with Gasteiger partial charge < -0.3 is 4.74 Å². The lowest BCUT2D eigenvalue weighted by Gasteiger charge is -2.10. The fraction of sp³-hybridized carbons (Fsp3) is 0.250. The molecule has 0 spiro atoms. The van der Waals surface area contributed by atoms with Crippen molar-refractivity contribution in [2.75, 3.05) is 6.61 Å². The molecule has 2 aromatic rings. The Hall–Kier alpha value is -2.14. The molecule has 1 amide bonds. The Labute approximate surface area is 128 Å². The second-order valence-corrected chi connectivity index (χ2v) is 5.72. The van der Waals surface area contributed by atoms with Gasteiger partial charge in [0.25, 0.3) is 5.91 Å². The molecule has 5 heteroatoms. The van der Waals surface area contributed by atoms with E-state index in [0.29, 0.717) is 0 Å². The van der Waals surface area contributed by atoms with Crippen LogP contribution in [0.15, 0.2) is 34.7 Å². The SMILES string of the molecule is Cc1ccsc1/C=N\NC(=O)COc1c(C)cccc1C. The number of amides is 1. The first-order chi connectivity index (χ1) is 10.1. The summed E-state index contributed by atoms with van der Waals surface area (Å²) in [5.41, 5.74) is 5.64. The highest BCUT2D eigenvalue weighted by Crippen LogP contribution is 2.21. The molecule has 0 bridgehead atoms. The molecular formula is C16H18N2O2S. The second-order valence-electron chi connectivity index (χ2n) is 4.77. The number of ether oxygens (including phenoxy) is 1. The van der Waals surface area contributed by atoms with E-state index in [2.05, 4.69) is 10.5 Å². The molecule has 0 saturated carbocycles. The number of thiophene rings is 1. The lowest BCUT2D eigenvalue weighted by Crippen LogP contribution is -2.25. The normalized spacial score (nSPS) is 10.8. The van der Waals surface area contributed by atoms with Crippen molar-refractivity contribution in [1.29, 1.82) is 0 Å². The van der Waals surface area contributed by atoms with Gasteiger partial charge in [-0.25, -0.2) is 5.43 Å². The van der Waals surface area contributed by atoms with Gasteiger partial charge in [0.15, 0.2) is 6.61 Å². The predicted octanol–water partition coefficient (Wildman–Crippen LogP) is 3.20. The monoisotopic (exact) mass is 302 g/mol. The zero-order valence-electron chi connectivity index (χ0n) is 12.3. The molecule has 0 aliphatic heterocycles. The Morgan fingerprint density at radius 3 is 2.57 bits per heavy atom. The van der Waals surface area contributed by atoms with Crippen LogP contribution in [0.2, 0.25) is 0 Å². The van der Waals surface area contributed by atoms with Gasteiger partial charge in [0, 0.05) is 4.88 Å². The Bertz CT molecular complexity index is 642. The Balaban J connectivity index is 1.85. The first-order valence-electron chi connectivity index (χ1n) is 6.63. The van der Waals surface area contributed by atoms with Crippen LogP contribution >= 0.6 is 11.3 Å². The van der Waals surface area contributed by atoms with E-state index in [1.54, 1.807) is 17.6 Å². The summed E-state index contributed by atoms with van der Waals surface area (Å²) < 4.78 is 5.56. The van der Waals surface area contributed by atoms with Gasteiger partial charge in [-0.3, -0.25) is 4.79 Å². The summed E-state index contributed by atoms with van der Waals surface area (Å²) in [6, 6.07) is 7.89. The van der Waals surface area contributed by atoms with E-state index >= 15 is 0 Å². The second kappa shape index (κ2) is 7.04. The Morgan fingerprint density at radius 2 is 1.95 bits per heavy atom. The molecule has 1 aromatic carbocycles. The fourth-order valence-electron chi connectivity index (χ4n) is 1.88. The molecule has 21 heavy (non-hydrogen) atoms. The van der Waals surface area contributed by atoms with Crippen molar-refractivity contribution >= 4 is 23.5 Å². The number of aryl methyl sites for hydroxylation is 3. The first-order valence-corrected chi connectivity index (χ1v) is 7.51. The molecule has 1 N–H and O–H groups in total. The average molecular weight is 302 g/mol. The minimum absolute atomic E-state index is 0.0492. The summed E-state index contributed by atoms with van der Waals surface area (Å²) in [4.78, 5) is 12.7. The molecule has 0 fully saturated rings. The van der Waals surface area contributed by atoms with E-state index in [-0.39, 0.29) is 12.5 Å². The molecule has 0 aliphatic rings. The Morgan fingerprint density at radius 1 is 1.24 bits per heavy atom. The molecule has 110 valence electrons. The highest BCUT2D eigenvalue weighted by Gasteiger charge is 2.06. The number of para-hydroxylation sites is 1. The zero-order chi connectivity index (χ0) is 15.2. The standard InChI is InChI=1S/C16H18N2O2S/c1-11-7-8-21-14(11)9-17-18-15(19)10-20-16-12(2)5-4-6-13(16)3/h4-9H,10H2,1-3H3,(H,18,19)/b17-9-. The molecular weight excluding hydrogens is 284 g/mol. The highest BCUT2D eigenvalue weighted by atomic mass is 32.1. The van der Waals surface area contributed by atoms with Gasteiger partial charge in [-0.2, -0.15) is 5.10 Å². The van der Waals surface area contributed by atoms with Crippen LogP contribution in [0.25, 0.3) is 0 Å². The molecule has 1 aromatic heterocycles. The summed E-state index contributed by atoms with van der Waals surface area (Å²) in [5, 5.41) is 5.93. The lowest BCUT2D eigenvalue weighted by atomic mass is 10.1. The summed E-state index contributed by atoms with van der Waals surface area (Å²) >= 11 is 1.58. The molecule has 0 radical (unpaired) electrons. The summed E-state index contributed by atoms with van der Waals surface area (Å²) in [7, 11) is 0. The van der Waals surface area contributed by atoms with Crippen LogP contribution in [0.1, 0.15) is 21.6 Å². The number of carbonyl (C=O) groups is 1. The zero-order valence-corrected chi connectivity index (χ0v) is 13.2. The van der Waals surface area contributed by atoms with Crippen molar-refractivity contribution in [3.63, 3.8) is 0 Å².